The molecule has 0 atom stereocenters. The molecule has 2 heteroatoms. The monoisotopic (exact) mass is 252 g/mol. The van der Waals surface area contributed by atoms with Gasteiger partial charge in [0.15, 0.2) is 0 Å². The third-order valence-electron chi connectivity index (χ3n) is 2.87. The van der Waals surface area contributed by atoms with E-state index in [-0.39, 0.29) is 2.85 Å². The summed E-state index contributed by atoms with van der Waals surface area (Å²) in [6, 6.07) is 9.53. The highest BCUT2D eigenvalue weighted by Crippen LogP contribution is 2.05. The van der Waals surface area contributed by atoms with Crippen molar-refractivity contribution in [1.29, 1.82) is 0 Å². The van der Waals surface area contributed by atoms with Gasteiger partial charge in [0.2, 0.25) is 0 Å². The fourth-order valence-corrected chi connectivity index (χ4v) is 1.83. The van der Waals surface area contributed by atoms with E-state index < -0.39 is 0 Å². The smallest absolute Gasteiger partial charge is 0.0205 e. The van der Waals surface area contributed by atoms with Gasteiger partial charge in [-0.3, -0.25) is 0 Å². The molecular weight excluding hydrogens is 220 g/mol. The van der Waals surface area contributed by atoms with Gasteiger partial charge in [-0.05, 0) is 36.6 Å². The largest absolute Gasteiger partial charge is 0.314 e. The molecule has 18 heavy (non-hydrogen) atoms. The first-order valence-corrected chi connectivity index (χ1v) is 7.10. The van der Waals surface area contributed by atoms with Crippen LogP contribution in [0.25, 0.3) is 0 Å². The molecule has 0 heterocycles. The van der Waals surface area contributed by atoms with Crippen molar-refractivity contribution in [3.05, 3.63) is 35.4 Å². The minimum Gasteiger partial charge on any atom is -0.314 e. The predicted molar refractivity (Wildman–Crippen MR) is 84.1 cm³/mol. The topological polar surface area (TPSA) is 24.1 Å². The maximum absolute atomic E-state index is 3.47. The minimum atomic E-state index is 0. The molecule has 0 saturated heterocycles. The molecule has 0 aromatic heterocycles. The summed E-state index contributed by atoms with van der Waals surface area (Å²) in [4.78, 5) is 0. The summed E-state index contributed by atoms with van der Waals surface area (Å²) in [7, 11) is 0. The fraction of sp³-hybridized carbons (Fsp3) is 0.625. The maximum Gasteiger partial charge on any atom is 0.0205 e. The predicted octanol–water partition coefficient (Wildman–Crippen LogP) is 3.46. The molecule has 0 aliphatic rings. The van der Waals surface area contributed by atoms with Gasteiger partial charge in [0.1, 0.15) is 0 Å². The van der Waals surface area contributed by atoms with Gasteiger partial charge >= 0.3 is 0 Å². The second-order valence-corrected chi connectivity index (χ2v) is 5.70. The Morgan fingerprint density at radius 1 is 1.00 bits per heavy atom. The Labute approximate surface area is 115 Å². The summed E-state index contributed by atoms with van der Waals surface area (Å²) in [5.74, 6) is 0.714. The van der Waals surface area contributed by atoms with Gasteiger partial charge < -0.3 is 10.6 Å². The van der Waals surface area contributed by atoms with Crippen molar-refractivity contribution in [3.63, 3.8) is 0 Å². The quantitative estimate of drug-likeness (QED) is 0.740. The highest BCUT2D eigenvalue weighted by molar-refractivity contribution is 5.22. The summed E-state index contributed by atoms with van der Waals surface area (Å²) in [6.07, 6.45) is 1.11. The van der Waals surface area contributed by atoms with E-state index in [4.69, 9.17) is 0 Å². The zero-order valence-corrected chi connectivity index (χ0v) is 12.3. The summed E-state index contributed by atoms with van der Waals surface area (Å²) in [5, 5.41) is 6.91. The van der Waals surface area contributed by atoms with Gasteiger partial charge in [-0.25, -0.2) is 0 Å². The molecule has 1 rings (SSSR count). The van der Waals surface area contributed by atoms with Crippen LogP contribution in [-0.2, 0) is 13.0 Å². The number of hydrogen-bond acceptors (Lipinski definition) is 2. The van der Waals surface area contributed by atoms with Crippen molar-refractivity contribution in [2.24, 2.45) is 5.92 Å². The molecule has 0 fully saturated rings. The fourth-order valence-electron chi connectivity index (χ4n) is 1.83. The molecule has 1 aromatic rings. The Kier molecular flexibility index (Phi) is 6.99. The highest BCUT2D eigenvalue weighted by atomic mass is 14.9. The molecule has 0 amide bonds. The lowest BCUT2D eigenvalue weighted by Crippen LogP contribution is -2.24. The van der Waals surface area contributed by atoms with E-state index >= 15 is 0 Å². The molecule has 0 spiro atoms. The first-order chi connectivity index (χ1) is 8.58. The first-order valence-electron chi connectivity index (χ1n) is 7.10. The van der Waals surface area contributed by atoms with Crippen LogP contribution < -0.4 is 10.6 Å². The Morgan fingerprint density at radius 3 is 2.17 bits per heavy atom. The zero-order chi connectivity index (χ0) is 13.4. The molecular formula is C16H32N2. The van der Waals surface area contributed by atoms with Crippen LogP contribution in [0.15, 0.2) is 24.3 Å². The van der Waals surface area contributed by atoms with E-state index in [1.165, 1.54) is 11.1 Å². The lowest BCUT2D eigenvalue weighted by Gasteiger charge is -2.09. The minimum absolute atomic E-state index is 0. The molecule has 106 valence electrons. The van der Waals surface area contributed by atoms with Crippen LogP contribution in [0.3, 0.4) is 0 Å². The normalized spacial score (nSPS) is 11.4. The van der Waals surface area contributed by atoms with Crippen molar-refractivity contribution >= 4 is 0 Å². The van der Waals surface area contributed by atoms with E-state index in [2.05, 4.69) is 62.6 Å². The van der Waals surface area contributed by atoms with E-state index in [0.29, 0.717) is 12.0 Å². The number of nitrogens with one attached hydrogen (secondary N) is 2. The third-order valence-corrected chi connectivity index (χ3v) is 2.87. The third kappa shape index (κ3) is 6.77. The molecule has 0 bridgehead atoms. The Hall–Kier alpha value is -0.860. The zero-order valence-electron chi connectivity index (χ0n) is 12.3. The van der Waals surface area contributed by atoms with E-state index in [1.54, 1.807) is 0 Å². The van der Waals surface area contributed by atoms with Crippen LogP contribution in [-0.4, -0.2) is 19.1 Å². The number of hydrogen-bond donors (Lipinski definition) is 2. The Morgan fingerprint density at radius 2 is 1.61 bits per heavy atom. The SMILES string of the molecule is CC(C)CNCc1ccc(CCNC(C)C)cc1.[HH].[HH]. The standard InChI is InChI=1S/C16H28N2.2H2/c1-13(2)11-17-12-16-7-5-15(6-8-16)9-10-18-14(3)4;;/h5-8,13-14,17-18H,9-12H2,1-4H3;2*1H. The van der Waals surface area contributed by atoms with Crippen molar-refractivity contribution in [2.45, 2.75) is 46.7 Å². The van der Waals surface area contributed by atoms with Gasteiger partial charge in [0.25, 0.3) is 0 Å². The number of rotatable bonds is 8. The number of benzene rings is 1. The molecule has 0 unspecified atom stereocenters. The lowest BCUT2D eigenvalue weighted by molar-refractivity contribution is 0.552. The lowest BCUT2D eigenvalue weighted by atomic mass is 10.1. The summed E-state index contributed by atoms with van der Waals surface area (Å²) >= 11 is 0. The highest BCUT2D eigenvalue weighted by Gasteiger charge is 1.97. The second-order valence-electron chi connectivity index (χ2n) is 5.70. The second kappa shape index (κ2) is 8.28. The average Bonchev–Trinajstić information content (AvgIpc) is 2.30. The molecule has 0 saturated carbocycles. The molecule has 1 aromatic carbocycles. The Balaban J connectivity index is 0. The van der Waals surface area contributed by atoms with Crippen molar-refractivity contribution < 1.29 is 2.85 Å². The van der Waals surface area contributed by atoms with Crippen LogP contribution in [0.5, 0.6) is 0 Å². The van der Waals surface area contributed by atoms with Crippen LogP contribution in [0.1, 0.15) is 41.7 Å². The molecule has 0 aliphatic heterocycles. The summed E-state index contributed by atoms with van der Waals surface area (Å²) in [6.45, 7) is 12.0. The first kappa shape index (κ1) is 15.2. The van der Waals surface area contributed by atoms with Gasteiger partial charge in [0, 0.05) is 15.4 Å². The summed E-state index contributed by atoms with van der Waals surface area (Å²) < 4.78 is 0. The van der Waals surface area contributed by atoms with Crippen molar-refractivity contribution in [2.75, 3.05) is 13.1 Å². The van der Waals surface area contributed by atoms with Crippen molar-refractivity contribution in [3.8, 4) is 0 Å². The van der Waals surface area contributed by atoms with E-state index in [9.17, 15) is 0 Å². The van der Waals surface area contributed by atoms with Gasteiger partial charge in [-0.1, -0.05) is 52.0 Å². The van der Waals surface area contributed by atoms with Crippen molar-refractivity contribution in [1.82, 2.24) is 10.6 Å². The van der Waals surface area contributed by atoms with Gasteiger partial charge in [0.05, 0.1) is 0 Å². The Bertz CT molecular complexity index is 291. The average molecular weight is 252 g/mol. The van der Waals surface area contributed by atoms with Crippen LogP contribution in [0.2, 0.25) is 0 Å². The molecule has 0 radical (unpaired) electrons. The molecule has 2 N–H and O–H groups in total. The summed E-state index contributed by atoms with van der Waals surface area (Å²) in [5.41, 5.74) is 2.78. The van der Waals surface area contributed by atoms with Crippen LogP contribution in [0, 0.1) is 5.92 Å². The van der Waals surface area contributed by atoms with Crippen LogP contribution >= 0.6 is 0 Å². The molecule has 2 nitrogen and oxygen atoms in total. The van der Waals surface area contributed by atoms with Crippen LogP contribution in [0.4, 0.5) is 0 Å². The van der Waals surface area contributed by atoms with E-state index in [1.807, 2.05) is 0 Å². The maximum atomic E-state index is 3.47. The van der Waals surface area contributed by atoms with E-state index in [0.717, 1.165) is 26.1 Å². The van der Waals surface area contributed by atoms with Gasteiger partial charge in [-0.15, -0.1) is 0 Å². The van der Waals surface area contributed by atoms with Gasteiger partial charge in [-0.2, -0.15) is 0 Å². The molecule has 0 aliphatic carbocycles.